The summed E-state index contributed by atoms with van der Waals surface area (Å²) in [5.41, 5.74) is 4.21. The molecule has 0 aliphatic carbocycles. The molecule has 1 aromatic carbocycles. The topological polar surface area (TPSA) is 29.1 Å². The van der Waals surface area contributed by atoms with Gasteiger partial charge in [0, 0.05) is 5.69 Å². The van der Waals surface area contributed by atoms with Crippen LogP contribution in [0.4, 0.5) is 5.69 Å². The normalized spacial score (nSPS) is 10.0. The van der Waals surface area contributed by atoms with Gasteiger partial charge in [0.25, 0.3) is 0 Å². The summed E-state index contributed by atoms with van der Waals surface area (Å²) in [6, 6.07) is 4.03. The van der Waals surface area contributed by atoms with Gasteiger partial charge in [0.05, 0.1) is 0 Å². The Morgan fingerprint density at radius 3 is 2.43 bits per heavy atom. The predicted octanol–water partition coefficient (Wildman–Crippen LogP) is 2.79. The number of aryl methyl sites for hydroxylation is 2. The molecule has 0 saturated heterocycles. The summed E-state index contributed by atoms with van der Waals surface area (Å²) in [6.45, 7) is 5.98. The number of nitrogens with one attached hydrogen (secondary N) is 1. The monoisotopic (exact) mass is 211 g/mol. The Balaban J connectivity index is 3.06. The number of benzene rings is 1. The molecular weight excluding hydrogens is 198 g/mol. The first-order valence-electron chi connectivity index (χ1n) is 4.49. The van der Waals surface area contributed by atoms with Crippen LogP contribution in [0.15, 0.2) is 12.1 Å². The van der Waals surface area contributed by atoms with Crippen molar-refractivity contribution < 1.29 is 4.79 Å². The summed E-state index contributed by atoms with van der Waals surface area (Å²) in [5.74, 6) is -0.171. The molecule has 0 unspecified atom stereocenters. The Hall–Kier alpha value is -1.02. The van der Waals surface area contributed by atoms with E-state index in [-0.39, 0.29) is 11.8 Å². The number of hydrogen-bond acceptors (Lipinski definition) is 1. The smallest absolute Gasteiger partial charge is 0.239 e. The van der Waals surface area contributed by atoms with Gasteiger partial charge < -0.3 is 5.32 Å². The fraction of sp³-hybridized carbons (Fsp3) is 0.364. The molecule has 1 rings (SSSR count). The third-order valence-electron chi connectivity index (χ3n) is 2.33. The highest BCUT2D eigenvalue weighted by atomic mass is 35.5. The van der Waals surface area contributed by atoms with Crippen molar-refractivity contribution in [1.29, 1.82) is 0 Å². The Morgan fingerprint density at radius 2 is 1.86 bits per heavy atom. The number of rotatable bonds is 2. The summed E-state index contributed by atoms with van der Waals surface area (Å²) in [6.07, 6.45) is 0. The molecule has 0 bridgehead atoms. The predicted molar refractivity (Wildman–Crippen MR) is 60.0 cm³/mol. The van der Waals surface area contributed by atoms with Crippen LogP contribution in [0.1, 0.15) is 16.7 Å². The highest BCUT2D eigenvalue weighted by Crippen LogP contribution is 2.22. The zero-order chi connectivity index (χ0) is 10.7. The van der Waals surface area contributed by atoms with E-state index in [1.54, 1.807) is 0 Å². The summed E-state index contributed by atoms with van der Waals surface area (Å²) >= 11 is 5.43. The van der Waals surface area contributed by atoms with Crippen LogP contribution in [0.3, 0.4) is 0 Å². The van der Waals surface area contributed by atoms with Gasteiger partial charge in [-0.05, 0) is 37.5 Å². The van der Waals surface area contributed by atoms with E-state index in [2.05, 4.69) is 5.32 Å². The Labute approximate surface area is 89.3 Å². The van der Waals surface area contributed by atoms with Crippen molar-refractivity contribution in [2.45, 2.75) is 20.8 Å². The van der Waals surface area contributed by atoms with Gasteiger partial charge in [0.2, 0.25) is 5.91 Å². The van der Waals surface area contributed by atoms with Crippen molar-refractivity contribution >= 4 is 23.2 Å². The second-order valence-corrected chi connectivity index (χ2v) is 3.65. The fourth-order valence-electron chi connectivity index (χ4n) is 1.32. The molecule has 14 heavy (non-hydrogen) atoms. The minimum atomic E-state index is -0.163. The molecule has 0 atom stereocenters. The van der Waals surface area contributed by atoms with E-state index in [4.69, 9.17) is 11.6 Å². The van der Waals surface area contributed by atoms with E-state index < -0.39 is 0 Å². The van der Waals surface area contributed by atoms with Crippen LogP contribution in [-0.4, -0.2) is 11.8 Å². The first-order chi connectivity index (χ1) is 6.56. The molecule has 0 heterocycles. The van der Waals surface area contributed by atoms with E-state index in [0.29, 0.717) is 0 Å². The van der Waals surface area contributed by atoms with Gasteiger partial charge in [-0.2, -0.15) is 0 Å². The van der Waals surface area contributed by atoms with Crippen LogP contribution < -0.4 is 5.32 Å². The van der Waals surface area contributed by atoms with Crippen molar-refractivity contribution in [3.05, 3.63) is 28.8 Å². The van der Waals surface area contributed by atoms with Gasteiger partial charge in [0.1, 0.15) is 5.88 Å². The van der Waals surface area contributed by atoms with Gasteiger partial charge in [-0.1, -0.05) is 12.1 Å². The van der Waals surface area contributed by atoms with Crippen molar-refractivity contribution in [3.8, 4) is 0 Å². The Bertz CT molecular complexity index is 361. The molecule has 0 spiro atoms. The highest BCUT2D eigenvalue weighted by molar-refractivity contribution is 6.29. The van der Waals surface area contributed by atoms with Gasteiger partial charge in [-0.25, -0.2) is 0 Å². The molecule has 0 aliphatic rings. The molecule has 0 fully saturated rings. The summed E-state index contributed by atoms with van der Waals surface area (Å²) in [5, 5.41) is 2.80. The van der Waals surface area contributed by atoms with E-state index in [0.717, 1.165) is 16.8 Å². The molecule has 0 aliphatic heterocycles. The maximum atomic E-state index is 11.2. The molecule has 1 aromatic rings. The third-order valence-corrected chi connectivity index (χ3v) is 2.57. The number of anilines is 1. The first kappa shape index (κ1) is 11.1. The summed E-state index contributed by atoms with van der Waals surface area (Å²) in [4.78, 5) is 11.2. The average molecular weight is 212 g/mol. The lowest BCUT2D eigenvalue weighted by Crippen LogP contribution is -2.14. The van der Waals surface area contributed by atoms with Crippen molar-refractivity contribution in [1.82, 2.24) is 0 Å². The van der Waals surface area contributed by atoms with E-state index in [9.17, 15) is 4.79 Å². The zero-order valence-electron chi connectivity index (χ0n) is 8.65. The molecule has 0 radical (unpaired) electrons. The number of alkyl halides is 1. The molecule has 2 nitrogen and oxygen atoms in total. The van der Waals surface area contributed by atoms with Gasteiger partial charge in [-0.3, -0.25) is 4.79 Å². The molecular formula is C11H14ClNO. The standard InChI is InChI=1S/C11H14ClNO/c1-7-4-5-8(2)11(9(7)3)13-10(14)6-12/h4-5H,6H2,1-3H3,(H,13,14). The van der Waals surface area contributed by atoms with Gasteiger partial charge in [0.15, 0.2) is 0 Å². The lowest BCUT2D eigenvalue weighted by Gasteiger charge is -2.12. The van der Waals surface area contributed by atoms with Crippen LogP contribution in [0.5, 0.6) is 0 Å². The maximum Gasteiger partial charge on any atom is 0.239 e. The molecule has 0 saturated carbocycles. The number of carbonyl (C=O) groups excluding carboxylic acids is 1. The zero-order valence-corrected chi connectivity index (χ0v) is 9.40. The maximum absolute atomic E-state index is 11.2. The van der Waals surface area contributed by atoms with Crippen LogP contribution in [0.2, 0.25) is 0 Å². The second-order valence-electron chi connectivity index (χ2n) is 3.38. The van der Waals surface area contributed by atoms with Crippen LogP contribution in [-0.2, 0) is 4.79 Å². The third kappa shape index (κ3) is 2.26. The van der Waals surface area contributed by atoms with Gasteiger partial charge in [-0.15, -0.1) is 11.6 Å². The number of carbonyl (C=O) groups is 1. The van der Waals surface area contributed by atoms with Crippen LogP contribution >= 0.6 is 11.6 Å². The van der Waals surface area contributed by atoms with Crippen LogP contribution in [0.25, 0.3) is 0 Å². The number of amides is 1. The largest absolute Gasteiger partial charge is 0.325 e. The lowest BCUT2D eigenvalue weighted by molar-refractivity contribution is -0.113. The highest BCUT2D eigenvalue weighted by Gasteiger charge is 2.07. The molecule has 0 aromatic heterocycles. The Kier molecular flexibility index (Phi) is 3.53. The van der Waals surface area contributed by atoms with Gasteiger partial charge >= 0.3 is 0 Å². The van der Waals surface area contributed by atoms with Crippen molar-refractivity contribution in [2.24, 2.45) is 0 Å². The number of hydrogen-bond donors (Lipinski definition) is 1. The SMILES string of the molecule is Cc1ccc(C)c(NC(=O)CCl)c1C. The van der Waals surface area contributed by atoms with Crippen LogP contribution in [0, 0.1) is 20.8 Å². The minimum absolute atomic E-state index is 0.00712. The quantitative estimate of drug-likeness (QED) is 0.749. The van der Waals surface area contributed by atoms with E-state index in [1.807, 2.05) is 32.9 Å². The van der Waals surface area contributed by atoms with Crippen molar-refractivity contribution in [3.63, 3.8) is 0 Å². The second kappa shape index (κ2) is 4.47. The van der Waals surface area contributed by atoms with E-state index >= 15 is 0 Å². The fourth-order valence-corrected chi connectivity index (χ4v) is 1.38. The molecule has 76 valence electrons. The van der Waals surface area contributed by atoms with E-state index in [1.165, 1.54) is 5.56 Å². The minimum Gasteiger partial charge on any atom is -0.325 e. The first-order valence-corrected chi connectivity index (χ1v) is 5.02. The lowest BCUT2D eigenvalue weighted by atomic mass is 10.0. The summed E-state index contributed by atoms with van der Waals surface area (Å²) in [7, 11) is 0. The Morgan fingerprint density at radius 1 is 1.29 bits per heavy atom. The molecule has 1 amide bonds. The summed E-state index contributed by atoms with van der Waals surface area (Å²) < 4.78 is 0. The average Bonchev–Trinajstić information content (AvgIpc) is 2.18. The molecule has 1 N–H and O–H groups in total. The molecule has 3 heteroatoms. The van der Waals surface area contributed by atoms with Crippen molar-refractivity contribution in [2.75, 3.05) is 11.2 Å². The number of halogens is 1.